The van der Waals surface area contributed by atoms with E-state index in [0.29, 0.717) is 5.75 Å². The van der Waals surface area contributed by atoms with Gasteiger partial charge in [0.2, 0.25) is 5.91 Å². The number of hydrogen-bond acceptors (Lipinski definition) is 4. The summed E-state index contributed by atoms with van der Waals surface area (Å²) >= 11 is 0. The standard InChI is InChI=1S/C19H23N3O3/c1-21(2)19(24)14-25-17-11-7-8-15(12-17)20-13-18(23)22(3)16-9-5-4-6-10-16/h4-12,20H,13-14H2,1-3H3. The van der Waals surface area contributed by atoms with Crippen LogP contribution in [0.1, 0.15) is 0 Å². The summed E-state index contributed by atoms with van der Waals surface area (Å²) in [7, 11) is 5.10. The van der Waals surface area contributed by atoms with Crippen molar-refractivity contribution in [2.75, 3.05) is 44.5 Å². The minimum absolute atomic E-state index is 0.0217. The van der Waals surface area contributed by atoms with Gasteiger partial charge in [-0.25, -0.2) is 0 Å². The van der Waals surface area contributed by atoms with Gasteiger partial charge in [0.25, 0.3) is 5.91 Å². The van der Waals surface area contributed by atoms with Gasteiger partial charge in [-0.05, 0) is 24.3 Å². The fraction of sp³-hybridized carbons (Fsp3) is 0.263. The molecule has 0 atom stereocenters. The van der Waals surface area contributed by atoms with Crippen molar-refractivity contribution in [2.45, 2.75) is 0 Å². The molecule has 132 valence electrons. The highest BCUT2D eigenvalue weighted by molar-refractivity contribution is 5.95. The zero-order chi connectivity index (χ0) is 18.2. The molecular formula is C19H23N3O3. The average molecular weight is 341 g/mol. The molecule has 25 heavy (non-hydrogen) atoms. The first-order valence-corrected chi connectivity index (χ1v) is 7.96. The molecule has 0 unspecified atom stereocenters. The molecule has 0 aromatic heterocycles. The van der Waals surface area contributed by atoms with Crippen LogP contribution >= 0.6 is 0 Å². The highest BCUT2D eigenvalue weighted by Gasteiger charge is 2.10. The van der Waals surface area contributed by atoms with Crippen molar-refractivity contribution in [1.82, 2.24) is 4.90 Å². The Kier molecular flexibility index (Phi) is 6.39. The Morgan fingerprint density at radius 1 is 0.960 bits per heavy atom. The topological polar surface area (TPSA) is 61.9 Å². The minimum atomic E-state index is -0.113. The summed E-state index contributed by atoms with van der Waals surface area (Å²) in [4.78, 5) is 26.9. The summed E-state index contributed by atoms with van der Waals surface area (Å²) in [5.74, 6) is 0.405. The SMILES string of the molecule is CN(C)C(=O)COc1cccc(NCC(=O)N(C)c2ccccc2)c1. The number of para-hydroxylation sites is 1. The number of carbonyl (C=O) groups excluding carboxylic acids is 2. The first-order chi connectivity index (χ1) is 12.0. The van der Waals surface area contributed by atoms with Gasteiger partial charge in [-0.15, -0.1) is 0 Å². The zero-order valence-electron chi connectivity index (χ0n) is 14.7. The number of anilines is 2. The Bertz CT molecular complexity index is 717. The predicted molar refractivity (Wildman–Crippen MR) is 99.0 cm³/mol. The lowest BCUT2D eigenvalue weighted by Gasteiger charge is -2.18. The van der Waals surface area contributed by atoms with Crippen LogP contribution in [-0.4, -0.2) is 51.0 Å². The van der Waals surface area contributed by atoms with Crippen LogP contribution in [0.5, 0.6) is 5.75 Å². The summed E-state index contributed by atoms with van der Waals surface area (Å²) in [5.41, 5.74) is 1.60. The van der Waals surface area contributed by atoms with Gasteiger partial charge in [-0.1, -0.05) is 24.3 Å². The fourth-order valence-electron chi connectivity index (χ4n) is 2.06. The molecule has 2 aromatic carbocycles. The molecule has 0 spiro atoms. The van der Waals surface area contributed by atoms with E-state index in [0.717, 1.165) is 11.4 Å². The van der Waals surface area contributed by atoms with E-state index in [-0.39, 0.29) is 25.0 Å². The third kappa shape index (κ3) is 5.53. The van der Waals surface area contributed by atoms with E-state index < -0.39 is 0 Å². The molecule has 6 nitrogen and oxygen atoms in total. The Morgan fingerprint density at radius 3 is 2.36 bits per heavy atom. The fourth-order valence-corrected chi connectivity index (χ4v) is 2.06. The van der Waals surface area contributed by atoms with Crippen molar-refractivity contribution in [2.24, 2.45) is 0 Å². The first-order valence-electron chi connectivity index (χ1n) is 7.96. The Balaban J connectivity index is 1.89. The van der Waals surface area contributed by atoms with E-state index in [1.54, 1.807) is 38.2 Å². The van der Waals surface area contributed by atoms with Crippen molar-refractivity contribution < 1.29 is 14.3 Å². The normalized spacial score (nSPS) is 10.0. The van der Waals surface area contributed by atoms with E-state index in [2.05, 4.69) is 5.32 Å². The van der Waals surface area contributed by atoms with Gasteiger partial charge in [0.15, 0.2) is 6.61 Å². The molecule has 2 aromatic rings. The van der Waals surface area contributed by atoms with Gasteiger partial charge < -0.3 is 19.9 Å². The Hall–Kier alpha value is -3.02. The maximum Gasteiger partial charge on any atom is 0.259 e. The van der Waals surface area contributed by atoms with Crippen molar-refractivity contribution in [3.63, 3.8) is 0 Å². The number of carbonyl (C=O) groups is 2. The smallest absolute Gasteiger partial charge is 0.259 e. The number of benzene rings is 2. The average Bonchev–Trinajstić information content (AvgIpc) is 2.64. The first kappa shape index (κ1) is 18.3. The molecular weight excluding hydrogens is 318 g/mol. The molecule has 0 heterocycles. The largest absolute Gasteiger partial charge is 0.484 e. The Labute approximate surface area is 148 Å². The lowest BCUT2D eigenvalue weighted by Crippen LogP contribution is -2.32. The summed E-state index contributed by atoms with van der Waals surface area (Å²) in [6.07, 6.45) is 0. The van der Waals surface area contributed by atoms with Crippen LogP contribution in [0.2, 0.25) is 0 Å². The van der Waals surface area contributed by atoms with E-state index in [4.69, 9.17) is 4.74 Å². The third-order valence-electron chi connectivity index (χ3n) is 3.66. The highest BCUT2D eigenvalue weighted by atomic mass is 16.5. The maximum atomic E-state index is 12.3. The number of nitrogens with one attached hydrogen (secondary N) is 1. The zero-order valence-corrected chi connectivity index (χ0v) is 14.7. The number of amides is 2. The molecule has 0 aliphatic carbocycles. The van der Waals surface area contributed by atoms with E-state index in [1.807, 2.05) is 42.5 Å². The summed E-state index contributed by atoms with van der Waals surface area (Å²) < 4.78 is 5.47. The maximum absolute atomic E-state index is 12.3. The monoisotopic (exact) mass is 341 g/mol. The summed E-state index contributed by atoms with van der Waals surface area (Å²) in [5, 5.41) is 3.08. The third-order valence-corrected chi connectivity index (χ3v) is 3.66. The lowest BCUT2D eigenvalue weighted by atomic mass is 10.3. The van der Waals surface area contributed by atoms with Gasteiger partial charge >= 0.3 is 0 Å². The van der Waals surface area contributed by atoms with Gasteiger partial charge in [-0.2, -0.15) is 0 Å². The van der Waals surface area contributed by atoms with Crippen LogP contribution < -0.4 is 15.0 Å². The second-order valence-electron chi connectivity index (χ2n) is 5.75. The molecule has 0 aliphatic rings. The molecule has 0 fully saturated rings. The van der Waals surface area contributed by atoms with Crippen molar-refractivity contribution >= 4 is 23.2 Å². The van der Waals surface area contributed by atoms with Crippen LogP contribution in [0.3, 0.4) is 0 Å². The highest BCUT2D eigenvalue weighted by Crippen LogP contribution is 2.18. The van der Waals surface area contributed by atoms with Gasteiger partial charge in [0.05, 0.1) is 6.54 Å². The number of nitrogens with zero attached hydrogens (tertiary/aromatic N) is 2. The molecule has 0 saturated heterocycles. The van der Waals surface area contributed by atoms with Crippen LogP contribution in [0, 0.1) is 0 Å². The molecule has 2 amide bonds. The van der Waals surface area contributed by atoms with Crippen molar-refractivity contribution in [1.29, 1.82) is 0 Å². The predicted octanol–water partition coefficient (Wildman–Crippen LogP) is 2.23. The number of ether oxygens (including phenoxy) is 1. The van der Waals surface area contributed by atoms with Crippen LogP contribution in [0.15, 0.2) is 54.6 Å². The van der Waals surface area contributed by atoms with Crippen molar-refractivity contribution in [3.8, 4) is 5.75 Å². The van der Waals surface area contributed by atoms with Gasteiger partial charge in [-0.3, -0.25) is 9.59 Å². The molecule has 0 radical (unpaired) electrons. The quantitative estimate of drug-likeness (QED) is 0.839. The molecule has 1 N–H and O–H groups in total. The molecule has 2 rings (SSSR count). The van der Waals surface area contributed by atoms with E-state index in [1.165, 1.54) is 4.90 Å². The summed E-state index contributed by atoms with van der Waals surface area (Å²) in [6.45, 7) is 0.137. The minimum Gasteiger partial charge on any atom is -0.484 e. The van der Waals surface area contributed by atoms with Crippen LogP contribution in [0.4, 0.5) is 11.4 Å². The molecule has 0 bridgehead atoms. The number of rotatable bonds is 7. The number of hydrogen-bond donors (Lipinski definition) is 1. The van der Waals surface area contributed by atoms with Crippen LogP contribution in [0.25, 0.3) is 0 Å². The lowest BCUT2D eigenvalue weighted by molar-refractivity contribution is -0.130. The molecule has 0 saturated carbocycles. The van der Waals surface area contributed by atoms with E-state index in [9.17, 15) is 9.59 Å². The Morgan fingerprint density at radius 2 is 1.68 bits per heavy atom. The van der Waals surface area contributed by atoms with E-state index >= 15 is 0 Å². The van der Waals surface area contributed by atoms with Gasteiger partial charge in [0.1, 0.15) is 5.75 Å². The molecule has 0 aliphatic heterocycles. The van der Waals surface area contributed by atoms with Crippen molar-refractivity contribution in [3.05, 3.63) is 54.6 Å². The van der Waals surface area contributed by atoms with Gasteiger partial charge in [0, 0.05) is 38.6 Å². The molecule has 6 heteroatoms. The number of likely N-dealkylation sites (N-methyl/N-ethyl adjacent to an activating group) is 2. The second kappa shape index (κ2) is 8.73. The second-order valence-corrected chi connectivity index (χ2v) is 5.75. The summed E-state index contributed by atoms with van der Waals surface area (Å²) in [6, 6.07) is 16.6. The van der Waals surface area contributed by atoms with Crippen LogP contribution in [-0.2, 0) is 9.59 Å².